The first-order valence-corrected chi connectivity index (χ1v) is 6.99. The van der Waals surface area contributed by atoms with Crippen LogP contribution >= 0.6 is 0 Å². The highest BCUT2D eigenvalue weighted by atomic mass is 15.4. The third-order valence-electron chi connectivity index (χ3n) is 3.31. The number of nitrogens with one attached hydrogen (secondary N) is 1. The molecule has 2 aromatic carbocycles. The fourth-order valence-electron chi connectivity index (χ4n) is 2.31. The van der Waals surface area contributed by atoms with Crippen LogP contribution in [0.2, 0.25) is 0 Å². The maximum Gasteiger partial charge on any atom is 0.113 e. The van der Waals surface area contributed by atoms with Crippen LogP contribution in [0.25, 0.3) is 16.7 Å². The lowest BCUT2D eigenvalue weighted by molar-refractivity contribution is 0.669. The fraction of sp³-hybridized carbons (Fsp3) is 0.250. The largest absolute Gasteiger partial charge is 0.313 e. The maximum absolute atomic E-state index is 4.29. The van der Waals surface area contributed by atoms with E-state index in [-0.39, 0.29) is 0 Å². The Kier molecular flexibility index (Phi) is 3.74. The van der Waals surface area contributed by atoms with Crippen molar-refractivity contribution in [2.24, 2.45) is 0 Å². The number of para-hydroxylation sites is 2. The van der Waals surface area contributed by atoms with Gasteiger partial charge in [-0.05, 0) is 36.7 Å². The van der Waals surface area contributed by atoms with Crippen LogP contribution in [0.1, 0.15) is 18.9 Å². The molecule has 0 saturated heterocycles. The summed E-state index contributed by atoms with van der Waals surface area (Å²) in [6.07, 6.45) is 1.13. The number of rotatable bonds is 5. The van der Waals surface area contributed by atoms with Crippen LogP contribution in [-0.2, 0) is 6.54 Å². The van der Waals surface area contributed by atoms with Gasteiger partial charge in [-0.15, -0.1) is 5.10 Å². The molecule has 0 amide bonds. The van der Waals surface area contributed by atoms with Crippen LogP contribution in [0, 0.1) is 0 Å². The molecule has 0 aliphatic heterocycles. The van der Waals surface area contributed by atoms with E-state index in [2.05, 4.69) is 40.8 Å². The molecule has 0 radical (unpaired) electrons. The first kappa shape index (κ1) is 12.8. The molecule has 0 spiro atoms. The van der Waals surface area contributed by atoms with E-state index in [0.717, 1.165) is 36.2 Å². The zero-order valence-corrected chi connectivity index (χ0v) is 11.6. The lowest BCUT2D eigenvalue weighted by Gasteiger charge is -2.10. The van der Waals surface area contributed by atoms with Gasteiger partial charge in [-0.1, -0.05) is 42.5 Å². The quantitative estimate of drug-likeness (QED) is 0.722. The van der Waals surface area contributed by atoms with Crippen molar-refractivity contribution in [3.05, 3.63) is 54.1 Å². The van der Waals surface area contributed by atoms with Gasteiger partial charge in [0.05, 0.1) is 11.2 Å². The Balaban J connectivity index is 2.01. The summed E-state index contributed by atoms with van der Waals surface area (Å²) in [5, 5.41) is 12.0. The number of benzene rings is 2. The molecule has 0 aliphatic rings. The van der Waals surface area contributed by atoms with Gasteiger partial charge in [-0.25, -0.2) is 4.68 Å². The van der Waals surface area contributed by atoms with E-state index < -0.39 is 0 Å². The smallest absolute Gasteiger partial charge is 0.113 e. The van der Waals surface area contributed by atoms with Crippen molar-refractivity contribution in [2.75, 3.05) is 6.54 Å². The van der Waals surface area contributed by atoms with Gasteiger partial charge in [0.1, 0.15) is 5.52 Å². The molecular weight excluding hydrogens is 248 g/mol. The molecule has 20 heavy (non-hydrogen) atoms. The standard InChI is InChI=1S/C16H18N4/c1-2-11-17-12-13-7-3-5-9-15(13)20-16-10-6-4-8-14(16)18-19-20/h3-10,17H,2,11-12H2,1H3. The molecule has 1 heterocycles. The third kappa shape index (κ3) is 2.42. The summed E-state index contributed by atoms with van der Waals surface area (Å²) in [6, 6.07) is 16.3. The Bertz CT molecular complexity index is 702. The van der Waals surface area contributed by atoms with E-state index in [0.29, 0.717) is 0 Å². The normalized spacial score (nSPS) is 11.1. The predicted octanol–water partition coefficient (Wildman–Crippen LogP) is 2.92. The van der Waals surface area contributed by atoms with E-state index in [9.17, 15) is 0 Å². The van der Waals surface area contributed by atoms with Crippen LogP contribution in [0.4, 0.5) is 0 Å². The second-order valence-electron chi connectivity index (χ2n) is 4.80. The van der Waals surface area contributed by atoms with E-state index in [4.69, 9.17) is 0 Å². The zero-order chi connectivity index (χ0) is 13.8. The highest BCUT2D eigenvalue weighted by Crippen LogP contribution is 2.19. The molecular formula is C16H18N4. The highest BCUT2D eigenvalue weighted by Gasteiger charge is 2.09. The molecule has 0 bridgehead atoms. The Morgan fingerprint density at radius 1 is 1.05 bits per heavy atom. The Morgan fingerprint density at radius 2 is 1.85 bits per heavy atom. The number of hydrogen-bond acceptors (Lipinski definition) is 3. The van der Waals surface area contributed by atoms with Crippen molar-refractivity contribution in [1.82, 2.24) is 20.3 Å². The van der Waals surface area contributed by atoms with Gasteiger partial charge in [-0.2, -0.15) is 0 Å². The minimum atomic E-state index is 0.845. The Labute approximate surface area is 118 Å². The average molecular weight is 266 g/mol. The maximum atomic E-state index is 4.29. The molecule has 4 nitrogen and oxygen atoms in total. The van der Waals surface area contributed by atoms with Gasteiger partial charge in [0.15, 0.2) is 0 Å². The highest BCUT2D eigenvalue weighted by molar-refractivity contribution is 5.76. The number of hydrogen-bond donors (Lipinski definition) is 1. The van der Waals surface area contributed by atoms with Crippen LogP contribution in [0.3, 0.4) is 0 Å². The van der Waals surface area contributed by atoms with Crippen LogP contribution in [0.5, 0.6) is 0 Å². The number of aromatic nitrogens is 3. The second kappa shape index (κ2) is 5.84. The van der Waals surface area contributed by atoms with Gasteiger partial charge in [0.25, 0.3) is 0 Å². The van der Waals surface area contributed by atoms with Crippen LogP contribution in [-0.4, -0.2) is 21.5 Å². The molecule has 0 fully saturated rings. The lowest BCUT2D eigenvalue weighted by Crippen LogP contribution is -2.15. The van der Waals surface area contributed by atoms with Gasteiger partial charge < -0.3 is 5.32 Å². The second-order valence-corrected chi connectivity index (χ2v) is 4.80. The summed E-state index contributed by atoms with van der Waals surface area (Å²) in [6.45, 7) is 4.04. The number of fused-ring (bicyclic) bond motifs is 1. The van der Waals surface area contributed by atoms with Crippen LogP contribution < -0.4 is 5.32 Å². The molecule has 3 rings (SSSR count). The molecule has 3 aromatic rings. The van der Waals surface area contributed by atoms with Crippen molar-refractivity contribution >= 4 is 11.0 Å². The first-order valence-electron chi connectivity index (χ1n) is 6.99. The van der Waals surface area contributed by atoms with Crippen molar-refractivity contribution in [3.8, 4) is 5.69 Å². The average Bonchev–Trinajstić information content (AvgIpc) is 2.92. The predicted molar refractivity (Wildman–Crippen MR) is 80.9 cm³/mol. The molecule has 4 heteroatoms. The summed E-state index contributed by atoms with van der Waals surface area (Å²) in [5.41, 5.74) is 4.28. The summed E-state index contributed by atoms with van der Waals surface area (Å²) in [5.74, 6) is 0. The van der Waals surface area contributed by atoms with E-state index >= 15 is 0 Å². The summed E-state index contributed by atoms with van der Waals surface area (Å²) < 4.78 is 1.91. The molecule has 0 atom stereocenters. The van der Waals surface area contributed by atoms with E-state index in [1.807, 2.05) is 35.0 Å². The molecule has 1 aromatic heterocycles. The van der Waals surface area contributed by atoms with Gasteiger partial charge in [0.2, 0.25) is 0 Å². The van der Waals surface area contributed by atoms with Gasteiger partial charge >= 0.3 is 0 Å². The minimum Gasteiger partial charge on any atom is -0.313 e. The Hall–Kier alpha value is -2.20. The summed E-state index contributed by atoms with van der Waals surface area (Å²) in [7, 11) is 0. The molecule has 1 N–H and O–H groups in total. The lowest BCUT2D eigenvalue weighted by atomic mass is 10.1. The monoisotopic (exact) mass is 266 g/mol. The van der Waals surface area contributed by atoms with Gasteiger partial charge in [0, 0.05) is 6.54 Å². The summed E-state index contributed by atoms with van der Waals surface area (Å²) >= 11 is 0. The Morgan fingerprint density at radius 3 is 2.75 bits per heavy atom. The minimum absolute atomic E-state index is 0.845. The first-order chi connectivity index (χ1) is 9.90. The van der Waals surface area contributed by atoms with Crippen molar-refractivity contribution < 1.29 is 0 Å². The molecule has 102 valence electrons. The van der Waals surface area contributed by atoms with Crippen molar-refractivity contribution in [1.29, 1.82) is 0 Å². The van der Waals surface area contributed by atoms with Crippen molar-refractivity contribution in [3.63, 3.8) is 0 Å². The SMILES string of the molecule is CCCNCc1ccccc1-n1nnc2ccccc21. The molecule has 0 saturated carbocycles. The van der Waals surface area contributed by atoms with E-state index in [1.165, 1.54) is 5.56 Å². The zero-order valence-electron chi connectivity index (χ0n) is 11.6. The van der Waals surface area contributed by atoms with Crippen LogP contribution in [0.15, 0.2) is 48.5 Å². The molecule has 0 unspecified atom stereocenters. The van der Waals surface area contributed by atoms with E-state index in [1.54, 1.807) is 0 Å². The molecule has 0 aliphatic carbocycles. The van der Waals surface area contributed by atoms with Gasteiger partial charge in [-0.3, -0.25) is 0 Å². The topological polar surface area (TPSA) is 42.7 Å². The summed E-state index contributed by atoms with van der Waals surface area (Å²) in [4.78, 5) is 0. The number of nitrogens with zero attached hydrogens (tertiary/aromatic N) is 3. The fourth-order valence-corrected chi connectivity index (χ4v) is 2.31. The van der Waals surface area contributed by atoms with Crippen molar-refractivity contribution in [2.45, 2.75) is 19.9 Å². The third-order valence-corrected chi connectivity index (χ3v) is 3.31.